The van der Waals surface area contributed by atoms with Crippen molar-refractivity contribution in [2.45, 2.75) is 6.18 Å². The molecule has 0 aliphatic heterocycles. The molecule has 0 heterocycles. The van der Waals surface area contributed by atoms with Gasteiger partial charge in [-0.2, -0.15) is 13.2 Å². The summed E-state index contributed by atoms with van der Waals surface area (Å²) in [6.45, 7) is -0.571. The number of benzene rings is 1. The Morgan fingerprint density at radius 1 is 1.44 bits per heavy atom. The number of aliphatic hydroxyl groups is 1. The van der Waals surface area contributed by atoms with Crippen LogP contribution in [0.3, 0.4) is 0 Å². The zero-order chi connectivity index (χ0) is 13.8. The molecule has 0 unspecified atom stereocenters. The molecule has 1 amide bonds. The molecule has 0 saturated heterocycles. The number of aliphatic hydroxyl groups excluding tert-OH is 1. The Bertz CT molecular complexity index is 437. The van der Waals surface area contributed by atoms with Crippen LogP contribution < -0.4 is 5.32 Å². The summed E-state index contributed by atoms with van der Waals surface area (Å²) >= 11 is 5.59. The molecule has 18 heavy (non-hydrogen) atoms. The number of carbonyl (C=O) groups is 1. The monoisotopic (exact) mass is 283 g/mol. The van der Waals surface area contributed by atoms with Gasteiger partial charge in [-0.05, 0) is 18.2 Å². The van der Waals surface area contributed by atoms with Crippen molar-refractivity contribution in [1.82, 2.24) is 0 Å². The van der Waals surface area contributed by atoms with E-state index < -0.39 is 17.8 Å². The van der Waals surface area contributed by atoms with Crippen molar-refractivity contribution in [3.05, 3.63) is 28.8 Å². The minimum Gasteiger partial charge on any atom is -0.447 e. The van der Waals surface area contributed by atoms with Gasteiger partial charge in [0.1, 0.15) is 6.61 Å². The molecule has 0 fully saturated rings. The minimum absolute atomic E-state index is 0.00685. The zero-order valence-corrected chi connectivity index (χ0v) is 9.68. The molecule has 0 spiro atoms. The topological polar surface area (TPSA) is 58.6 Å². The fraction of sp³-hybridized carbons (Fsp3) is 0.300. The number of rotatable bonds is 3. The second kappa shape index (κ2) is 5.92. The maximum Gasteiger partial charge on any atom is 0.416 e. The number of amides is 1. The lowest BCUT2D eigenvalue weighted by Crippen LogP contribution is -2.16. The van der Waals surface area contributed by atoms with Crippen LogP contribution in [0.4, 0.5) is 23.7 Å². The Balaban J connectivity index is 2.77. The van der Waals surface area contributed by atoms with Crippen LogP contribution in [0.2, 0.25) is 5.02 Å². The number of halogens is 4. The maximum atomic E-state index is 12.3. The largest absolute Gasteiger partial charge is 0.447 e. The molecule has 0 atom stereocenters. The van der Waals surface area contributed by atoms with Gasteiger partial charge in [0.25, 0.3) is 0 Å². The Hall–Kier alpha value is -1.47. The predicted molar refractivity (Wildman–Crippen MR) is 58.5 cm³/mol. The van der Waals surface area contributed by atoms with Crippen LogP contribution in [-0.4, -0.2) is 24.4 Å². The molecule has 0 radical (unpaired) electrons. The summed E-state index contributed by atoms with van der Waals surface area (Å²) in [4.78, 5) is 11.1. The highest BCUT2D eigenvalue weighted by Crippen LogP contribution is 2.33. The summed E-state index contributed by atoms with van der Waals surface area (Å²) in [6, 6.07) is 2.50. The first-order chi connectivity index (χ1) is 8.34. The normalized spacial score (nSPS) is 11.2. The van der Waals surface area contributed by atoms with Crippen molar-refractivity contribution in [3.8, 4) is 0 Å². The smallest absolute Gasteiger partial charge is 0.416 e. The molecule has 1 rings (SSSR count). The van der Waals surface area contributed by atoms with Crippen molar-refractivity contribution >= 4 is 23.4 Å². The minimum atomic E-state index is -4.50. The number of alkyl halides is 3. The first-order valence-electron chi connectivity index (χ1n) is 4.76. The molecule has 1 aromatic carbocycles. The molecule has 2 N–H and O–H groups in total. The zero-order valence-electron chi connectivity index (χ0n) is 8.92. The highest BCUT2D eigenvalue weighted by molar-refractivity contribution is 6.33. The van der Waals surface area contributed by atoms with E-state index in [-0.39, 0.29) is 23.9 Å². The summed E-state index contributed by atoms with van der Waals surface area (Å²) in [5, 5.41) is 10.3. The van der Waals surface area contributed by atoms with Gasteiger partial charge in [0.2, 0.25) is 0 Å². The van der Waals surface area contributed by atoms with Gasteiger partial charge in [-0.1, -0.05) is 11.6 Å². The number of anilines is 1. The SMILES string of the molecule is O=C(Nc1ccc(C(F)(F)F)cc1Cl)OCCO. The van der Waals surface area contributed by atoms with Gasteiger partial charge in [0.05, 0.1) is 22.9 Å². The molecule has 100 valence electrons. The number of hydrogen-bond donors (Lipinski definition) is 2. The van der Waals surface area contributed by atoms with E-state index in [1.165, 1.54) is 0 Å². The molecule has 4 nitrogen and oxygen atoms in total. The van der Waals surface area contributed by atoms with Gasteiger partial charge in [0, 0.05) is 0 Å². The Morgan fingerprint density at radius 2 is 2.11 bits per heavy atom. The van der Waals surface area contributed by atoms with Crippen LogP contribution in [0.25, 0.3) is 0 Å². The first-order valence-corrected chi connectivity index (χ1v) is 5.14. The number of nitrogens with one attached hydrogen (secondary N) is 1. The van der Waals surface area contributed by atoms with Crippen molar-refractivity contribution in [3.63, 3.8) is 0 Å². The molecule has 8 heteroatoms. The molecule has 1 aromatic rings. The second-order valence-electron chi connectivity index (χ2n) is 3.18. The van der Waals surface area contributed by atoms with Gasteiger partial charge in [-0.15, -0.1) is 0 Å². The van der Waals surface area contributed by atoms with Crippen LogP contribution in [0.1, 0.15) is 5.56 Å². The standard InChI is InChI=1S/C10H9ClF3NO3/c11-7-5-6(10(12,13)14)1-2-8(7)15-9(17)18-4-3-16/h1-2,5,16H,3-4H2,(H,15,17). The van der Waals surface area contributed by atoms with Crippen LogP contribution in [0, 0.1) is 0 Å². The molecule has 0 aliphatic carbocycles. The summed E-state index contributed by atoms with van der Waals surface area (Å²) in [6.07, 6.45) is -5.41. The van der Waals surface area contributed by atoms with E-state index in [0.29, 0.717) is 6.07 Å². The van der Waals surface area contributed by atoms with Gasteiger partial charge in [-0.3, -0.25) is 5.32 Å². The van der Waals surface area contributed by atoms with Crippen molar-refractivity contribution in [2.75, 3.05) is 18.5 Å². The van der Waals surface area contributed by atoms with E-state index in [1.807, 2.05) is 0 Å². The fourth-order valence-corrected chi connectivity index (χ4v) is 1.30. The van der Waals surface area contributed by atoms with Crippen molar-refractivity contribution in [2.24, 2.45) is 0 Å². The highest BCUT2D eigenvalue weighted by atomic mass is 35.5. The third-order valence-electron chi connectivity index (χ3n) is 1.86. The Kier molecular flexibility index (Phi) is 4.80. The van der Waals surface area contributed by atoms with E-state index in [1.54, 1.807) is 0 Å². The summed E-state index contributed by atoms with van der Waals surface area (Å²) in [7, 11) is 0. The quantitative estimate of drug-likeness (QED) is 0.897. The van der Waals surface area contributed by atoms with Crippen molar-refractivity contribution in [1.29, 1.82) is 0 Å². The first kappa shape index (κ1) is 14.6. The Labute approximate surface area is 105 Å². The lowest BCUT2D eigenvalue weighted by atomic mass is 10.2. The third-order valence-corrected chi connectivity index (χ3v) is 2.17. The molecular formula is C10H9ClF3NO3. The Morgan fingerprint density at radius 3 is 2.61 bits per heavy atom. The summed E-state index contributed by atoms with van der Waals surface area (Å²) < 4.78 is 41.5. The number of carbonyl (C=O) groups excluding carboxylic acids is 1. The average molecular weight is 284 g/mol. The molecule has 0 bridgehead atoms. The molecular weight excluding hydrogens is 275 g/mol. The van der Waals surface area contributed by atoms with E-state index in [0.717, 1.165) is 12.1 Å². The molecule has 0 aromatic heterocycles. The summed E-state index contributed by atoms with van der Waals surface area (Å²) in [5.74, 6) is 0. The van der Waals surface area contributed by atoms with Crippen LogP contribution in [0.5, 0.6) is 0 Å². The number of ether oxygens (including phenoxy) is 1. The summed E-state index contributed by atoms with van der Waals surface area (Å²) in [5.41, 5.74) is -0.922. The predicted octanol–water partition coefficient (Wildman–Crippen LogP) is 2.90. The average Bonchev–Trinajstić information content (AvgIpc) is 2.27. The molecule has 0 aliphatic rings. The highest BCUT2D eigenvalue weighted by Gasteiger charge is 2.30. The number of hydrogen-bond acceptors (Lipinski definition) is 3. The van der Waals surface area contributed by atoms with Crippen LogP contribution in [0.15, 0.2) is 18.2 Å². The van der Waals surface area contributed by atoms with E-state index in [9.17, 15) is 18.0 Å². The lowest BCUT2D eigenvalue weighted by Gasteiger charge is -2.10. The van der Waals surface area contributed by atoms with E-state index >= 15 is 0 Å². The van der Waals surface area contributed by atoms with Crippen LogP contribution in [-0.2, 0) is 10.9 Å². The van der Waals surface area contributed by atoms with Gasteiger partial charge >= 0.3 is 12.3 Å². The lowest BCUT2D eigenvalue weighted by molar-refractivity contribution is -0.137. The molecule has 0 saturated carbocycles. The van der Waals surface area contributed by atoms with Gasteiger partial charge in [0.15, 0.2) is 0 Å². The van der Waals surface area contributed by atoms with Gasteiger partial charge in [-0.25, -0.2) is 4.79 Å². The van der Waals surface area contributed by atoms with Crippen LogP contribution >= 0.6 is 11.6 Å². The van der Waals surface area contributed by atoms with E-state index in [2.05, 4.69) is 10.1 Å². The van der Waals surface area contributed by atoms with Crippen molar-refractivity contribution < 1.29 is 27.8 Å². The van der Waals surface area contributed by atoms with Gasteiger partial charge < -0.3 is 9.84 Å². The third kappa shape index (κ3) is 4.08. The maximum absolute atomic E-state index is 12.3. The second-order valence-corrected chi connectivity index (χ2v) is 3.58. The van der Waals surface area contributed by atoms with E-state index in [4.69, 9.17) is 16.7 Å². The fourth-order valence-electron chi connectivity index (χ4n) is 1.08.